The van der Waals surface area contributed by atoms with Crippen molar-refractivity contribution in [1.82, 2.24) is 9.78 Å². The number of nitrogens with zero attached hydrogens (tertiary/aromatic N) is 2. The molecule has 0 aromatic carbocycles. The van der Waals surface area contributed by atoms with Crippen LogP contribution in [0.2, 0.25) is 0 Å². The molecule has 1 rings (SSSR count). The van der Waals surface area contributed by atoms with E-state index in [1.165, 1.54) is 6.20 Å². The molecule has 0 unspecified atom stereocenters. The van der Waals surface area contributed by atoms with Crippen molar-refractivity contribution in [3.05, 3.63) is 17.5 Å². The van der Waals surface area contributed by atoms with Crippen LogP contribution in [0.1, 0.15) is 16.1 Å². The van der Waals surface area contributed by atoms with E-state index in [1.54, 1.807) is 23.5 Å². The highest BCUT2D eigenvalue weighted by molar-refractivity contribution is 7.97. The summed E-state index contributed by atoms with van der Waals surface area (Å²) < 4.78 is 1.60. The van der Waals surface area contributed by atoms with Gasteiger partial charge in [0.05, 0.1) is 11.9 Å². The Bertz CT molecular complexity index is 296. The van der Waals surface area contributed by atoms with Gasteiger partial charge < -0.3 is 5.11 Å². The predicted octanol–water partition coefficient (Wildman–Crippen LogP) is 0.981. The number of carboxylic acids is 1. The lowest BCUT2D eigenvalue weighted by Crippen LogP contribution is -2.03. The Morgan fingerprint density at radius 1 is 1.83 bits per heavy atom. The molecule has 1 N–H and O–H groups in total. The molecule has 66 valence electrons. The highest BCUT2D eigenvalue weighted by atomic mass is 32.2. The summed E-state index contributed by atoms with van der Waals surface area (Å²) >= 11 is 1.58. The zero-order valence-electron chi connectivity index (χ0n) is 6.94. The molecule has 5 heteroatoms. The van der Waals surface area contributed by atoms with Gasteiger partial charge in [0, 0.05) is 12.8 Å². The van der Waals surface area contributed by atoms with Crippen LogP contribution in [0.15, 0.2) is 6.20 Å². The molecule has 0 saturated carbocycles. The summed E-state index contributed by atoms with van der Waals surface area (Å²) in [6.45, 7) is 0. The smallest absolute Gasteiger partial charge is 0.339 e. The van der Waals surface area contributed by atoms with Gasteiger partial charge in [0.15, 0.2) is 0 Å². The molecule has 0 bridgehead atoms. The maximum atomic E-state index is 10.6. The first-order chi connectivity index (χ1) is 5.66. The minimum absolute atomic E-state index is 0.298. The first kappa shape index (κ1) is 9.12. The maximum Gasteiger partial charge on any atom is 0.339 e. The van der Waals surface area contributed by atoms with Gasteiger partial charge in [-0.25, -0.2) is 4.79 Å². The highest BCUT2D eigenvalue weighted by Crippen LogP contribution is 2.13. The summed E-state index contributed by atoms with van der Waals surface area (Å²) in [4.78, 5) is 10.6. The number of carboxylic acid groups (broad SMARTS) is 1. The second-order valence-electron chi connectivity index (χ2n) is 2.37. The summed E-state index contributed by atoms with van der Waals surface area (Å²) in [5.74, 6) is -0.231. The van der Waals surface area contributed by atoms with Crippen LogP contribution >= 0.6 is 11.8 Å². The van der Waals surface area contributed by atoms with Crippen molar-refractivity contribution in [3.63, 3.8) is 0 Å². The topological polar surface area (TPSA) is 55.1 Å². The van der Waals surface area contributed by atoms with Crippen molar-refractivity contribution in [3.8, 4) is 0 Å². The van der Waals surface area contributed by atoms with Crippen molar-refractivity contribution < 1.29 is 9.90 Å². The second kappa shape index (κ2) is 3.62. The molecule has 0 aliphatic carbocycles. The van der Waals surface area contributed by atoms with E-state index in [1.807, 2.05) is 6.26 Å². The van der Waals surface area contributed by atoms with Crippen LogP contribution in [-0.4, -0.2) is 27.1 Å². The van der Waals surface area contributed by atoms with Gasteiger partial charge in [-0.2, -0.15) is 16.9 Å². The molecule has 0 saturated heterocycles. The van der Waals surface area contributed by atoms with Crippen molar-refractivity contribution in [2.24, 2.45) is 7.05 Å². The lowest BCUT2D eigenvalue weighted by molar-refractivity contribution is 0.0696. The standard InChI is InChI=1S/C7H10N2O2S/c1-9-6(4-12-2)5(3-8-9)7(10)11/h3H,4H2,1-2H3,(H,10,11). The number of thioether (sulfide) groups is 1. The quantitative estimate of drug-likeness (QED) is 0.764. The predicted molar refractivity (Wildman–Crippen MR) is 47.4 cm³/mol. The van der Waals surface area contributed by atoms with Gasteiger partial charge in [-0.3, -0.25) is 4.68 Å². The van der Waals surface area contributed by atoms with E-state index < -0.39 is 5.97 Å². The molecular formula is C7H10N2O2S. The van der Waals surface area contributed by atoms with E-state index in [2.05, 4.69) is 5.10 Å². The molecular weight excluding hydrogens is 176 g/mol. The van der Waals surface area contributed by atoms with E-state index in [9.17, 15) is 4.79 Å². The van der Waals surface area contributed by atoms with Gasteiger partial charge >= 0.3 is 5.97 Å². The molecule has 0 radical (unpaired) electrons. The summed E-state index contributed by atoms with van der Waals surface area (Å²) in [7, 11) is 1.75. The highest BCUT2D eigenvalue weighted by Gasteiger charge is 2.13. The average Bonchev–Trinajstić information content (AvgIpc) is 2.34. The van der Waals surface area contributed by atoms with Gasteiger partial charge in [0.25, 0.3) is 0 Å². The normalized spacial score (nSPS) is 10.2. The SMILES string of the molecule is CSCc1c(C(=O)O)cnn1C. The van der Waals surface area contributed by atoms with E-state index in [0.29, 0.717) is 11.3 Å². The number of hydrogen-bond donors (Lipinski definition) is 1. The fourth-order valence-electron chi connectivity index (χ4n) is 0.949. The third-order valence-corrected chi connectivity index (χ3v) is 2.14. The van der Waals surface area contributed by atoms with Crippen LogP contribution < -0.4 is 0 Å². The monoisotopic (exact) mass is 186 g/mol. The molecule has 1 heterocycles. The summed E-state index contributed by atoms with van der Waals surface area (Å²) in [6.07, 6.45) is 3.31. The molecule has 0 amide bonds. The number of carbonyl (C=O) groups is 1. The van der Waals surface area contributed by atoms with E-state index >= 15 is 0 Å². The lowest BCUT2D eigenvalue weighted by Gasteiger charge is -1.99. The second-order valence-corrected chi connectivity index (χ2v) is 3.23. The van der Waals surface area contributed by atoms with Crippen LogP contribution in [0.4, 0.5) is 0 Å². The van der Waals surface area contributed by atoms with Crippen LogP contribution in [0.5, 0.6) is 0 Å². The Morgan fingerprint density at radius 3 is 3.00 bits per heavy atom. The third-order valence-electron chi connectivity index (χ3n) is 1.57. The van der Waals surface area contributed by atoms with Crippen LogP contribution in [0, 0.1) is 0 Å². The Kier molecular flexibility index (Phi) is 2.75. The van der Waals surface area contributed by atoms with E-state index in [-0.39, 0.29) is 0 Å². The fourth-order valence-corrected chi connectivity index (χ4v) is 1.57. The Morgan fingerprint density at radius 2 is 2.50 bits per heavy atom. The minimum Gasteiger partial charge on any atom is -0.478 e. The largest absolute Gasteiger partial charge is 0.478 e. The van der Waals surface area contributed by atoms with Crippen molar-refractivity contribution in [1.29, 1.82) is 0 Å². The summed E-state index contributed by atoms with van der Waals surface area (Å²) in [6, 6.07) is 0. The van der Waals surface area contributed by atoms with E-state index in [0.717, 1.165) is 5.69 Å². The molecule has 0 atom stereocenters. The number of aromatic carboxylic acids is 1. The zero-order valence-corrected chi connectivity index (χ0v) is 7.76. The van der Waals surface area contributed by atoms with Crippen LogP contribution in [0.3, 0.4) is 0 Å². The van der Waals surface area contributed by atoms with Gasteiger partial charge in [-0.05, 0) is 6.26 Å². The molecule has 1 aromatic rings. The molecule has 1 aromatic heterocycles. The molecule has 12 heavy (non-hydrogen) atoms. The zero-order chi connectivity index (χ0) is 9.14. The Hall–Kier alpha value is -0.970. The van der Waals surface area contributed by atoms with Crippen LogP contribution in [-0.2, 0) is 12.8 Å². The van der Waals surface area contributed by atoms with Gasteiger partial charge in [-0.15, -0.1) is 0 Å². The van der Waals surface area contributed by atoms with Crippen molar-refractivity contribution >= 4 is 17.7 Å². The minimum atomic E-state index is -0.910. The maximum absolute atomic E-state index is 10.6. The van der Waals surface area contributed by atoms with Crippen LogP contribution in [0.25, 0.3) is 0 Å². The van der Waals surface area contributed by atoms with E-state index in [4.69, 9.17) is 5.11 Å². The molecule has 0 aliphatic heterocycles. The number of rotatable bonds is 3. The third kappa shape index (κ3) is 1.61. The van der Waals surface area contributed by atoms with Crippen molar-refractivity contribution in [2.45, 2.75) is 5.75 Å². The average molecular weight is 186 g/mol. The first-order valence-electron chi connectivity index (χ1n) is 3.40. The fraction of sp³-hybridized carbons (Fsp3) is 0.429. The van der Waals surface area contributed by atoms with Crippen molar-refractivity contribution in [2.75, 3.05) is 6.26 Å². The Labute approximate surface area is 74.6 Å². The summed E-state index contributed by atoms with van der Waals surface area (Å²) in [5, 5.41) is 12.6. The Balaban J connectivity index is 3.03. The molecule has 0 fully saturated rings. The molecule has 0 aliphatic rings. The first-order valence-corrected chi connectivity index (χ1v) is 4.79. The number of aromatic nitrogens is 2. The summed E-state index contributed by atoms with van der Waals surface area (Å²) in [5.41, 5.74) is 1.06. The van der Waals surface area contributed by atoms with Gasteiger partial charge in [0.2, 0.25) is 0 Å². The lowest BCUT2D eigenvalue weighted by atomic mass is 10.3. The molecule has 0 spiro atoms. The van der Waals surface area contributed by atoms with Gasteiger partial charge in [0.1, 0.15) is 5.56 Å². The van der Waals surface area contributed by atoms with Gasteiger partial charge in [-0.1, -0.05) is 0 Å². The number of hydrogen-bond acceptors (Lipinski definition) is 3. The number of aryl methyl sites for hydroxylation is 1. The molecule has 4 nitrogen and oxygen atoms in total.